The quantitative estimate of drug-likeness (QED) is 0.546. The number of aromatic amines is 1. The lowest BCUT2D eigenvalue weighted by atomic mass is 10.1. The van der Waals surface area contributed by atoms with Crippen LogP contribution in [0.4, 0.5) is 9.18 Å². The normalized spacial score (nSPS) is 15.3. The fourth-order valence-electron chi connectivity index (χ4n) is 3.42. The number of halogens is 1. The molecule has 4 rings (SSSR count). The van der Waals surface area contributed by atoms with E-state index < -0.39 is 17.0 Å². The van der Waals surface area contributed by atoms with E-state index in [9.17, 15) is 18.8 Å². The Balaban J connectivity index is 1.28. The molecule has 1 saturated heterocycles. The second-order valence-electron chi connectivity index (χ2n) is 7.10. The van der Waals surface area contributed by atoms with Gasteiger partial charge in [-0.2, -0.15) is 0 Å². The number of benzene rings is 2. The first-order chi connectivity index (χ1) is 15.0. The molecule has 1 aliphatic heterocycles. The van der Waals surface area contributed by atoms with Crippen LogP contribution in [0.3, 0.4) is 0 Å². The second kappa shape index (κ2) is 9.18. The van der Waals surface area contributed by atoms with Crippen LogP contribution in [0, 0.1) is 5.82 Å². The Morgan fingerprint density at radius 1 is 1.16 bits per heavy atom. The first kappa shape index (κ1) is 20.9. The minimum Gasteiger partial charge on any atom is -0.361 e. The number of aromatic nitrogens is 1. The highest BCUT2D eigenvalue weighted by Gasteiger charge is 2.35. The number of imide groups is 1. The molecule has 8 heteroatoms. The monoisotopic (exact) mass is 437 g/mol. The third-order valence-electron chi connectivity index (χ3n) is 4.97. The summed E-state index contributed by atoms with van der Waals surface area (Å²) in [4.78, 5) is 41.3. The number of hydrogen-bond donors (Lipinski definition) is 2. The number of thioether (sulfide) groups is 1. The second-order valence-corrected chi connectivity index (χ2v) is 8.09. The molecule has 0 spiro atoms. The van der Waals surface area contributed by atoms with Gasteiger partial charge in [0.2, 0.25) is 5.91 Å². The molecule has 3 amide bonds. The van der Waals surface area contributed by atoms with E-state index in [1.165, 1.54) is 24.3 Å². The topological polar surface area (TPSA) is 82.3 Å². The Bertz CT molecular complexity index is 1190. The third-order valence-corrected chi connectivity index (χ3v) is 5.88. The number of carbonyl (C=O) groups is 3. The van der Waals surface area contributed by atoms with E-state index in [2.05, 4.69) is 10.3 Å². The molecule has 6 nitrogen and oxygen atoms in total. The zero-order valence-corrected chi connectivity index (χ0v) is 17.4. The maximum atomic E-state index is 13.3. The lowest BCUT2D eigenvalue weighted by Gasteiger charge is -2.12. The minimum absolute atomic E-state index is 0.00404. The summed E-state index contributed by atoms with van der Waals surface area (Å²) in [5.41, 5.74) is 2.67. The van der Waals surface area contributed by atoms with Crippen molar-refractivity contribution in [3.8, 4) is 0 Å². The molecule has 0 aliphatic carbocycles. The van der Waals surface area contributed by atoms with Gasteiger partial charge in [0, 0.05) is 36.6 Å². The number of para-hydroxylation sites is 1. The van der Waals surface area contributed by atoms with Crippen molar-refractivity contribution in [2.45, 2.75) is 12.8 Å². The number of fused-ring (bicyclic) bond motifs is 1. The largest absolute Gasteiger partial charge is 0.361 e. The Kier molecular flexibility index (Phi) is 6.18. The molecule has 1 aromatic heterocycles. The molecular formula is C23H20FN3O3S. The van der Waals surface area contributed by atoms with E-state index in [4.69, 9.17) is 0 Å². The van der Waals surface area contributed by atoms with Crippen LogP contribution in [-0.4, -0.2) is 40.0 Å². The molecule has 2 aromatic carbocycles. The average Bonchev–Trinajstić information content (AvgIpc) is 3.27. The maximum Gasteiger partial charge on any atom is 0.293 e. The van der Waals surface area contributed by atoms with E-state index in [0.717, 1.165) is 33.1 Å². The molecule has 1 aliphatic rings. The summed E-state index contributed by atoms with van der Waals surface area (Å²) in [5.74, 6) is -1.11. The van der Waals surface area contributed by atoms with Crippen molar-refractivity contribution < 1.29 is 18.8 Å². The van der Waals surface area contributed by atoms with Gasteiger partial charge >= 0.3 is 0 Å². The number of hydrogen-bond acceptors (Lipinski definition) is 4. The Labute approximate surface area is 182 Å². The molecule has 0 atom stereocenters. The number of amides is 3. The summed E-state index contributed by atoms with van der Waals surface area (Å²) < 4.78 is 13.3. The van der Waals surface area contributed by atoms with Gasteiger partial charge in [-0.05, 0) is 53.6 Å². The zero-order chi connectivity index (χ0) is 21.8. The van der Waals surface area contributed by atoms with E-state index >= 15 is 0 Å². The van der Waals surface area contributed by atoms with Crippen molar-refractivity contribution in [1.29, 1.82) is 0 Å². The van der Waals surface area contributed by atoms with Crippen LogP contribution in [0.5, 0.6) is 0 Å². The molecule has 0 radical (unpaired) electrons. The maximum absolute atomic E-state index is 13.3. The molecular weight excluding hydrogens is 417 g/mol. The van der Waals surface area contributed by atoms with Crippen LogP contribution in [0.25, 0.3) is 17.0 Å². The summed E-state index contributed by atoms with van der Waals surface area (Å²) in [6.45, 7) is 0.464. The summed E-state index contributed by atoms with van der Waals surface area (Å²) in [7, 11) is 0. The van der Waals surface area contributed by atoms with E-state index in [-0.39, 0.29) is 23.8 Å². The lowest BCUT2D eigenvalue weighted by Crippen LogP contribution is -2.34. The molecule has 158 valence electrons. The average molecular weight is 437 g/mol. The number of nitrogens with one attached hydrogen (secondary N) is 2. The van der Waals surface area contributed by atoms with E-state index in [1.807, 2.05) is 30.5 Å². The summed E-state index contributed by atoms with van der Waals surface area (Å²) in [6, 6.07) is 13.7. The number of H-pyrrole nitrogens is 1. The van der Waals surface area contributed by atoms with Gasteiger partial charge in [0.15, 0.2) is 0 Å². The predicted molar refractivity (Wildman–Crippen MR) is 119 cm³/mol. The van der Waals surface area contributed by atoms with Crippen molar-refractivity contribution in [3.63, 3.8) is 0 Å². The SMILES string of the molecule is O=C(CCN1C(=O)S/C(=C\c2cccc(F)c2)C1=O)NCCc1c[nH]c2ccccc12. The molecule has 3 aromatic rings. The fraction of sp³-hybridized carbons (Fsp3) is 0.174. The molecule has 0 bridgehead atoms. The van der Waals surface area contributed by atoms with Crippen LogP contribution in [0.15, 0.2) is 59.6 Å². The third kappa shape index (κ3) is 4.86. The van der Waals surface area contributed by atoms with Crippen LogP contribution < -0.4 is 5.32 Å². The zero-order valence-electron chi connectivity index (χ0n) is 16.6. The van der Waals surface area contributed by atoms with Gasteiger partial charge in [-0.15, -0.1) is 0 Å². The first-order valence-corrected chi connectivity index (χ1v) is 10.7. The highest BCUT2D eigenvalue weighted by molar-refractivity contribution is 8.18. The summed E-state index contributed by atoms with van der Waals surface area (Å²) in [5, 5.41) is 3.52. The number of rotatable bonds is 7. The van der Waals surface area contributed by atoms with Crippen LogP contribution in [0.1, 0.15) is 17.5 Å². The van der Waals surface area contributed by atoms with Gasteiger partial charge in [0.1, 0.15) is 5.82 Å². The fourth-order valence-corrected chi connectivity index (χ4v) is 4.28. The van der Waals surface area contributed by atoms with Crippen molar-refractivity contribution in [2.75, 3.05) is 13.1 Å². The Morgan fingerprint density at radius 2 is 2.00 bits per heavy atom. The van der Waals surface area contributed by atoms with E-state index in [1.54, 1.807) is 6.07 Å². The smallest absolute Gasteiger partial charge is 0.293 e. The van der Waals surface area contributed by atoms with Crippen molar-refractivity contribution in [3.05, 3.63) is 76.6 Å². The van der Waals surface area contributed by atoms with Crippen LogP contribution >= 0.6 is 11.8 Å². The van der Waals surface area contributed by atoms with Gasteiger partial charge in [0.25, 0.3) is 11.1 Å². The summed E-state index contributed by atoms with van der Waals surface area (Å²) >= 11 is 0.792. The first-order valence-electron chi connectivity index (χ1n) is 9.84. The Hall–Kier alpha value is -3.39. The molecule has 2 N–H and O–H groups in total. The van der Waals surface area contributed by atoms with Crippen LogP contribution in [-0.2, 0) is 16.0 Å². The number of nitrogens with zero attached hydrogens (tertiary/aromatic N) is 1. The van der Waals surface area contributed by atoms with Crippen LogP contribution in [0.2, 0.25) is 0 Å². The molecule has 31 heavy (non-hydrogen) atoms. The van der Waals surface area contributed by atoms with Gasteiger partial charge in [-0.25, -0.2) is 4.39 Å². The molecule has 0 unspecified atom stereocenters. The number of carbonyl (C=O) groups excluding carboxylic acids is 3. The van der Waals surface area contributed by atoms with Gasteiger partial charge in [-0.3, -0.25) is 19.3 Å². The van der Waals surface area contributed by atoms with Crippen molar-refractivity contribution in [1.82, 2.24) is 15.2 Å². The van der Waals surface area contributed by atoms with Crippen molar-refractivity contribution >= 4 is 45.8 Å². The van der Waals surface area contributed by atoms with Gasteiger partial charge in [0.05, 0.1) is 4.91 Å². The highest BCUT2D eigenvalue weighted by Crippen LogP contribution is 2.32. The Morgan fingerprint density at radius 3 is 2.84 bits per heavy atom. The predicted octanol–water partition coefficient (Wildman–Crippen LogP) is 4.09. The lowest BCUT2D eigenvalue weighted by molar-refractivity contribution is -0.124. The van der Waals surface area contributed by atoms with Gasteiger partial charge in [-0.1, -0.05) is 30.3 Å². The van der Waals surface area contributed by atoms with Gasteiger partial charge < -0.3 is 10.3 Å². The standard InChI is InChI=1S/C23H20FN3O3S/c24-17-5-3-4-15(12-17)13-20-22(29)27(23(30)31-20)11-9-21(28)25-10-8-16-14-26-19-7-2-1-6-18(16)19/h1-7,12-14,26H,8-11H2,(H,25,28)/b20-13-. The minimum atomic E-state index is -0.467. The molecule has 2 heterocycles. The molecule has 1 fully saturated rings. The van der Waals surface area contributed by atoms with Crippen molar-refractivity contribution in [2.24, 2.45) is 0 Å². The highest BCUT2D eigenvalue weighted by atomic mass is 32.2. The molecule has 0 saturated carbocycles. The summed E-state index contributed by atoms with van der Waals surface area (Å²) in [6.07, 6.45) is 4.12. The van der Waals surface area contributed by atoms with E-state index in [0.29, 0.717) is 18.5 Å².